The summed E-state index contributed by atoms with van der Waals surface area (Å²) in [5.41, 5.74) is 2.18. The predicted octanol–water partition coefficient (Wildman–Crippen LogP) is 4.91. The van der Waals surface area contributed by atoms with E-state index in [2.05, 4.69) is 10.1 Å². The van der Waals surface area contributed by atoms with E-state index in [-0.39, 0.29) is 11.4 Å². The first-order valence-corrected chi connectivity index (χ1v) is 9.64. The van der Waals surface area contributed by atoms with Gasteiger partial charge in [0, 0.05) is 22.7 Å². The van der Waals surface area contributed by atoms with Crippen LogP contribution in [-0.4, -0.2) is 27.9 Å². The van der Waals surface area contributed by atoms with Crippen LogP contribution in [0.1, 0.15) is 16.7 Å². The van der Waals surface area contributed by atoms with E-state index in [4.69, 9.17) is 11.6 Å². The van der Waals surface area contributed by atoms with E-state index in [1.165, 1.54) is 23.4 Å². The molecule has 0 spiro atoms. The molecule has 0 radical (unpaired) electrons. The molecule has 0 aliphatic carbocycles. The van der Waals surface area contributed by atoms with Gasteiger partial charge in [0.15, 0.2) is 5.84 Å². The molecule has 0 fully saturated rings. The van der Waals surface area contributed by atoms with E-state index in [9.17, 15) is 14.9 Å². The Labute approximate surface area is 182 Å². The van der Waals surface area contributed by atoms with Gasteiger partial charge in [-0.25, -0.2) is 4.99 Å². The maximum absolute atomic E-state index is 13.1. The van der Waals surface area contributed by atoms with Crippen molar-refractivity contribution in [3.63, 3.8) is 0 Å². The molecule has 1 heterocycles. The Morgan fingerprint density at radius 3 is 2.32 bits per heavy atom. The third-order valence-corrected chi connectivity index (χ3v) is 4.84. The number of nitro benzene ring substituents is 1. The number of nitro groups is 1. The number of hydrogen-bond donors (Lipinski definition) is 0. The second-order valence-electron chi connectivity index (χ2n) is 6.56. The number of benzene rings is 3. The van der Waals surface area contributed by atoms with Crippen LogP contribution in [-0.2, 0) is 4.79 Å². The third kappa shape index (κ3) is 4.41. The Balaban J connectivity index is 1.70. The lowest BCUT2D eigenvalue weighted by molar-refractivity contribution is -0.384. The summed E-state index contributed by atoms with van der Waals surface area (Å²) in [5, 5.41) is 16.8. The second-order valence-corrected chi connectivity index (χ2v) is 6.97. The molecular weight excluding hydrogens is 416 g/mol. The van der Waals surface area contributed by atoms with Crippen molar-refractivity contribution in [3.05, 3.63) is 116 Å². The summed E-state index contributed by atoms with van der Waals surface area (Å²) in [5.74, 6) is -0.0287. The van der Waals surface area contributed by atoms with E-state index in [0.717, 1.165) is 5.56 Å². The highest BCUT2D eigenvalue weighted by Gasteiger charge is 2.31. The fraction of sp³-hybridized carbons (Fsp3) is 0. The second kappa shape index (κ2) is 8.73. The molecule has 7 nitrogen and oxygen atoms in total. The molecule has 4 rings (SSSR count). The molecule has 0 saturated carbocycles. The quantitative estimate of drug-likeness (QED) is 0.249. The van der Waals surface area contributed by atoms with Crippen molar-refractivity contribution in [3.8, 4) is 0 Å². The summed E-state index contributed by atoms with van der Waals surface area (Å²) in [4.78, 5) is 27.9. The first-order valence-electron chi connectivity index (χ1n) is 9.26. The Bertz CT molecular complexity index is 1240. The highest BCUT2D eigenvalue weighted by molar-refractivity contribution is 6.32. The zero-order valence-corrected chi connectivity index (χ0v) is 16.8. The lowest BCUT2D eigenvalue weighted by atomic mass is 10.2. The van der Waals surface area contributed by atoms with Gasteiger partial charge in [-0.15, -0.1) is 0 Å². The van der Waals surface area contributed by atoms with E-state index in [1.807, 2.05) is 36.4 Å². The minimum Gasteiger partial charge on any atom is -0.265 e. The van der Waals surface area contributed by atoms with Crippen LogP contribution in [0.15, 0.2) is 94.7 Å². The lowest BCUT2D eigenvalue weighted by Crippen LogP contribution is -2.27. The number of non-ortho nitro benzene ring substituents is 1. The number of hydrazone groups is 1. The first-order chi connectivity index (χ1) is 15.0. The van der Waals surface area contributed by atoms with Gasteiger partial charge in [-0.3, -0.25) is 14.9 Å². The number of carbonyl (C=O) groups excluding carboxylic acids is 1. The Hall–Kier alpha value is -4.10. The predicted molar refractivity (Wildman–Crippen MR) is 120 cm³/mol. The normalized spacial score (nSPS) is 15.0. The average Bonchev–Trinajstić information content (AvgIpc) is 3.10. The summed E-state index contributed by atoms with van der Waals surface area (Å²) < 4.78 is 0. The van der Waals surface area contributed by atoms with Gasteiger partial charge in [-0.1, -0.05) is 60.1 Å². The summed E-state index contributed by atoms with van der Waals surface area (Å²) in [6, 6.07) is 22.2. The minimum absolute atomic E-state index is 0.0223. The van der Waals surface area contributed by atoms with Crippen molar-refractivity contribution in [1.82, 2.24) is 5.01 Å². The number of hydrogen-bond acceptors (Lipinski definition) is 5. The highest BCUT2D eigenvalue weighted by Crippen LogP contribution is 2.25. The van der Waals surface area contributed by atoms with Crippen LogP contribution in [0.5, 0.6) is 0 Å². The molecule has 31 heavy (non-hydrogen) atoms. The maximum atomic E-state index is 13.1. The third-order valence-electron chi connectivity index (χ3n) is 4.49. The minimum atomic E-state index is -0.475. The van der Waals surface area contributed by atoms with Gasteiger partial charge in [0.2, 0.25) is 0 Å². The van der Waals surface area contributed by atoms with E-state index in [1.54, 1.807) is 36.4 Å². The molecule has 0 atom stereocenters. The number of aliphatic imine (C=N–C) groups is 1. The molecule has 152 valence electrons. The van der Waals surface area contributed by atoms with Crippen LogP contribution < -0.4 is 0 Å². The van der Waals surface area contributed by atoms with E-state index in [0.29, 0.717) is 22.0 Å². The van der Waals surface area contributed by atoms with Crippen molar-refractivity contribution < 1.29 is 9.72 Å². The average molecular weight is 431 g/mol. The summed E-state index contributed by atoms with van der Waals surface area (Å²) >= 11 is 6.22. The molecule has 0 N–H and O–H groups in total. The summed E-state index contributed by atoms with van der Waals surface area (Å²) in [7, 11) is 0. The number of halogens is 1. The Morgan fingerprint density at radius 1 is 0.968 bits per heavy atom. The number of nitrogens with zero attached hydrogens (tertiary/aromatic N) is 4. The van der Waals surface area contributed by atoms with Gasteiger partial charge in [-0.05, 0) is 35.4 Å². The van der Waals surface area contributed by atoms with Gasteiger partial charge in [0.25, 0.3) is 11.6 Å². The maximum Gasteiger partial charge on any atom is 0.298 e. The molecule has 0 aromatic heterocycles. The van der Waals surface area contributed by atoms with Crippen LogP contribution in [0, 0.1) is 10.1 Å². The lowest BCUT2D eigenvalue weighted by Gasteiger charge is -2.11. The molecule has 0 saturated heterocycles. The number of carbonyl (C=O) groups is 1. The fourth-order valence-corrected chi connectivity index (χ4v) is 3.13. The highest BCUT2D eigenvalue weighted by atomic mass is 35.5. The van der Waals surface area contributed by atoms with Crippen molar-refractivity contribution in [2.75, 3.05) is 0 Å². The Kier molecular flexibility index (Phi) is 5.68. The SMILES string of the molecule is O=C1/C(=C\c2ccccc2Cl)N=C(c2ccccc2)N1/N=C/c1ccc([N+](=O)[O-])cc1. The van der Waals surface area contributed by atoms with Crippen LogP contribution >= 0.6 is 11.6 Å². The smallest absolute Gasteiger partial charge is 0.265 e. The molecule has 1 aliphatic rings. The zero-order valence-electron chi connectivity index (χ0n) is 16.1. The van der Waals surface area contributed by atoms with Gasteiger partial charge < -0.3 is 0 Å². The number of amides is 1. The monoisotopic (exact) mass is 430 g/mol. The fourth-order valence-electron chi connectivity index (χ4n) is 2.94. The van der Waals surface area contributed by atoms with Crippen molar-refractivity contribution in [2.24, 2.45) is 10.1 Å². The molecule has 1 aliphatic heterocycles. The molecular formula is C23H15ClN4O3. The standard InChI is InChI=1S/C23H15ClN4O3/c24-20-9-5-4-8-18(20)14-21-23(29)27(22(26-21)17-6-2-1-3-7-17)25-15-16-10-12-19(13-11-16)28(30)31/h1-15H/b21-14+,25-15+. The van der Waals surface area contributed by atoms with E-state index >= 15 is 0 Å². The van der Waals surface area contributed by atoms with Gasteiger partial charge >= 0.3 is 0 Å². The van der Waals surface area contributed by atoms with Gasteiger partial charge in [0.05, 0.1) is 11.1 Å². The zero-order chi connectivity index (χ0) is 21.8. The number of amidine groups is 1. The van der Waals surface area contributed by atoms with Crippen LogP contribution in [0.3, 0.4) is 0 Å². The van der Waals surface area contributed by atoms with Crippen LogP contribution in [0.4, 0.5) is 5.69 Å². The number of rotatable bonds is 5. The Morgan fingerprint density at radius 2 is 1.65 bits per heavy atom. The molecule has 8 heteroatoms. The van der Waals surface area contributed by atoms with Crippen molar-refractivity contribution >= 4 is 41.3 Å². The largest absolute Gasteiger partial charge is 0.298 e. The molecule has 0 bridgehead atoms. The summed E-state index contributed by atoms with van der Waals surface area (Å²) in [6.45, 7) is 0. The first kappa shape index (κ1) is 20.2. The van der Waals surface area contributed by atoms with Crippen molar-refractivity contribution in [2.45, 2.75) is 0 Å². The topological polar surface area (TPSA) is 88.2 Å². The molecule has 3 aromatic rings. The van der Waals surface area contributed by atoms with Crippen LogP contribution in [0.25, 0.3) is 6.08 Å². The van der Waals surface area contributed by atoms with Crippen molar-refractivity contribution in [1.29, 1.82) is 0 Å². The summed E-state index contributed by atoms with van der Waals surface area (Å²) in [6.07, 6.45) is 3.08. The molecule has 1 amide bonds. The van der Waals surface area contributed by atoms with Gasteiger partial charge in [0.1, 0.15) is 5.70 Å². The molecule has 3 aromatic carbocycles. The van der Waals surface area contributed by atoms with Gasteiger partial charge in [-0.2, -0.15) is 10.1 Å². The molecule has 0 unspecified atom stereocenters. The van der Waals surface area contributed by atoms with E-state index < -0.39 is 10.8 Å². The van der Waals surface area contributed by atoms with Crippen LogP contribution in [0.2, 0.25) is 5.02 Å².